The number of carbonyl (C=O) groups is 1. The molecule has 1 amide bonds. The average Bonchev–Trinajstić information content (AvgIpc) is 3.13. The van der Waals surface area contributed by atoms with Gasteiger partial charge in [0.05, 0.1) is 17.8 Å². The van der Waals surface area contributed by atoms with Crippen molar-refractivity contribution in [3.63, 3.8) is 0 Å². The largest absolute Gasteiger partial charge is 0.356 e. The summed E-state index contributed by atoms with van der Waals surface area (Å²) in [6.07, 6.45) is 1.86. The molecule has 1 fully saturated rings. The zero-order chi connectivity index (χ0) is 20.4. The number of benzene rings is 1. The number of hydrogen-bond donors (Lipinski definition) is 2. The molecule has 29 heavy (non-hydrogen) atoms. The summed E-state index contributed by atoms with van der Waals surface area (Å²) in [5.74, 6) is 0.732. The molecule has 1 saturated heterocycles. The normalized spacial score (nSPS) is 17.5. The van der Waals surface area contributed by atoms with Gasteiger partial charge in [-0.1, -0.05) is 29.8 Å². The van der Waals surface area contributed by atoms with Crippen LogP contribution >= 0.6 is 22.9 Å². The Kier molecular flexibility index (Phi) is 5.99. The number of hydrogen-bond acceptors (Lipinski definition) is 5. The van der Waals surface area contributed by atoms with E-state index in [0.29, 0.717) is 40.7 Å². The molecule has 1 unspecified atom stereocenters. The van der Waals surface area contributed by atoms with Gasteiger partial charge in [-0.15, -0.1) is 11.3 Å². The number of rotatable bonds is 5. The predicted molar refractivity (Wildman–Crippen MR) is 117 cm³/mol. The molecular weight excluding hydrogens is 408 g/mol. The third-order valence-electron chi connectivity index (χ3n) is 5.26. The van der Waals surface area contributed by atoms with E-state index in [-0.39, 0.29) is 17.4 Å². The number of likely N-dealkylation sites (tertiary alicyclic amines) is 1. The fourth-order valence-corrected chi connectivity index (χ4v) is 5.08. The van der Waals surface area contributed by atoms with Crippen LogP contribution in [0.3, 0.4) is 0 Å². The molecule has 1 atom stereocenters. The Hall–Kier alpha value is -2.22. The van der Waals surface area contributed by atoms with E-state index < -0.39 is 0 Å². The molecule has 1 aliphatic rings. The molecule has 0 aliphatic carbocycles. The molecule has 2 aromatic heterocycles. The number of nitrogens with zero attached hydrogens (tertiary/aromatic N) is 2. The minimum Gasteiger partial charge on any atom is -0.356 e. The molecule has 0 spiro atoms. The lowest BCUT2D eigenvalue weighted by Crippen LogP contribution is -2.43. The second-order valence-electron chi connectivity index (χ2n) is 7.29. The van der Waals surface area contributed by atoms with Crippen LogP contribution < -0.4 is 10.9 Å². The number of amides is 1. The van der Waals surface area contributed by atoms with E-state index in [1.54, 1.807) is 0 Å². The Morgan fingerprint density at radius 1 is 1.38 bits per heavy atom. The molecule has 0 bridgehead atoms. The third kappa shape index (κ3) is 4.22. The van der Waals surface area contributed by atoms with Crippen LogP contribution in [-0.2, 0) is 11.3 Å². The number of H-pyrrole nitrogens is 1. The lowest BCUT2D eigenvalue weighted by molar-refractivity contribution is -0.126. The third-order valence-corrected chi connectivity index (χ3v) is 6.46. The Balaban J connectivity index is 1.58. The second-order valence-corrected chi connectivity index (χ2v) is 8.56. The quantitative estimate of drug-likeness (QED) is 0.647. The van der Waals surface area contributed by atoms with E-state index in [4.69, 9.17) is 11.6 Å². The molecule has 6 nitrogen and oxygen atoms in total. The van der Waals surface area contributed by atoms with Crippen LogP contribution in [0.25, 0.3) is 21.3 Å². The zero-order valence-electron chi connectivity index (χ0n) is 16.2. The molecule has 1 aliphatic heterocycles. The maximum Gasteiger partial charge on any atom is 0.260 e. The van der Waals surface area contributed by atoms with Crippen molar-refractivity contribution in [1.82, 2.24) is 20.2 Å². The van der Waals surface area contributed by atoms with Gasteiger partial charge >= 0.3 is 0 Å². The van der Waals surface area contributed by atoms with E-state index in [9.17, 15) is 9.59 Å². The molecule has 3 heterocycles. The summed E-state index contributed by atoms with van der Waals surface area (Å²) < 4.78 is 0. The van der Waals surface area contributed by atoms with Crippen LogP contribution in [0.2, 0.25) is 5.02 Å². The molecular formula is C21H23ClN4O2S. The van der Waals surface area contributed by atoms with Gasteiger partial charge in [0.2, 0.25) is 5.91 Å². The first kappa shape index (κ1) is 20.1. The first-order valence-corrected chi connectivity index (χ1v) is 11.1. The van der Waals surface area contributed by atoms with Gasteiger partial charge in [0.25, 0.3) is 5.56 Å². The predicted octanol–water partition coefficient (Wildman–Crippen LogP) is 3.65. The summed E-state index contributed by atoms with van der Waals surface area (Å²) in [5, 5.41) is 6.03. The molecule has 4 rings (SSSR count). The van der Waals surface area contributed by atoms with Crippen LogP contribution in [0.5, 0.6) is 0 Å². The summed E-state index contributed by atoms with van der Waals surface area (Å²) in [4.78, 5) is 35.5. The van der Waals surface area contributed by atoms with Gasteiger partial charge in [-0.25, -0.2) is 4.98 Å². The highest BCUT2D eigenvalue weighted by Crippen LogP contribution is 2.34. The molecule has 0 saturated carbocycles. The Morgan fingerprint density at radius 2 is 2.21 bits per heavy atom. The summed E-state index contributed by atoms with van der Waals surface area (Å²) >= 11 is 7.77. The highest BCUT2D eigenvalue weighted by molar-refractivity contribution is 7.17. The van der Waals surface area contributed by atoms with Gasteiger partial charge in [0.1, 0.15) is 10.7 Å². The SMILES string of the molecule is CCNC(=O)C1CCCN(Cc2nc3scc(-c4ccccc4Cl)c3c(=O)[nH]2)C1. The Labute approximate surface area is 177 Å². The molecule has 2 N–H and O–H groups in total. The van der Waals surface area contributed by atoms with E-state index in [1.165, 1.54) is 11.3 Å². The average molecular weight is 431 g/mol. The summed E-state index contributed by atoms with van der Waals surface area (Å²) in [6, 6.07) is 7.50. The molecule has 3 aromatic rings. The van der Waals surface area contributed by atoms with Gasteiger partial charge in [-0.3, -0.25) is 14.5 Å². The number of nitrogens with one attached hydrogen (secondary N) is 2. The van der Waals surface area contributed by atoms with Crippen molar-refractivity contribution in [2.24, 2.45) is 5.92 Å². The maximum absolute atomic E-state index is 12.9. The fourth-order valence-electron chi connectivity index (χ4n) is 3.89. The number of carbonyl (C=O) groups excluding carboxylic acids is 1. The first-order chi connectivity index (χ1) is 14.1. The highest BCUT2D eigenvalue weighted by Gasteiger charge is 2.26. The number of piperidine rings is 1. The van der Waals surface area contributed by atoms with Crippen molar-refractivity contribution in [3.05, 3.63) is 50.8 Å². The summed E-state index contributed by atoms with van der Waals surface area (Å²) in [5.41, 5.74) is 1.49. The minimum atomic E-state index is -0.154. The van der Waals surface area contributed by atoms with E-state index in [1.807, 2.05) is 36.6 Å². The van der Waals surface area contributed by atoms with Gasteiger partial charge in [0.15, 0.2) is 0 Å². The monoisotopic (exact) mass is 430 g/mol. The first-order valence-electron chi connectivity index (χ1n) is 9.82. The van der Waals surface area contributed by atoms with E-state index >= 15 is 0 Å². The van der Waals surface area contributed by atoms with Crippen molar-refractivity contribution in [1.29, 1.82) is 0 Å². The maximum atomic E-state index is 12.9. The number of thiophene rings is 1. The highest BCUT2D eigenvalue weighted by atomic mass is 35.5. The van der Waals surface area contributed by atoms with Gasteiger partial charge in [-0.2, -0.15) is 0 Å². The summed E-state index contributed by atoms with van der Waals surface area (Å²) in [6.45, 7) is 4.68. The van der Waals surface area contributed by atoms with Crippen molar-refractivity contribution in [3.8, 4) is 11.1 Å². The summed E-state index contributed by atoms with van der Waals surface area (Å²) in [7, 11) is 0. The minimum absolute atomic E-state index is 0.00674. The zero-order valence-corrected chi connectivity index (χ0v) is 17.8. The fraction of sp³-hybridized carbons (Fsp3) is 0.381. The van der Waals surface area contributed by atoms with E-state index in [2.05, 4.69) is 20.2 Å². The van der Waals surface area contributed by atoms with Crippen LogP contribution in [-0.4, -0.2) is 40.4 Å². The molecule has 152 valence electrons. The van der Waals surface area contributed by atoms with Crippen LogP contribution in [0, 0.1) is 5.92 Å². The lowest BCUT2D eigenvalue weighted by Gasteiger charge is -2.31. The van der Waals surface area contributed by atoms with Crippen molar-refractivity contribution >= 4 is 39.1 Å². The Morgan fingerprint density at radius 3 is 3.00 bits per heavy atom. The van der Waals surface area contributed by atoms with Gasteiger partial charge in [0, 0.05) is 34.6 Å². The van der Waals surface area contributed by atoms with E-state index in [0.717, 1.165) is 30.5 Å². The van der Waals surface area contributed by atoms with Crippen molar-refractivity contribution in [2.75, 3.05) is 19.6 Å². The molecule has 8 heteroatoms. The van der Waals surface area contributed by atoms with Gasteiger partial charge < -0.3 is 10.3 Å². The van der Waals surface area contributed by atoms with Crippen LogP contribution in [0.15, 0.2) is 34.4 Å². The topological polar surface area (TPSA) is 78.1 Å². The Bertz CT molecular complexity index is 1090. The van der Waals surface area contributed by atoms with Crippen LogP contribution in [0.1, 0.15) is 25.6 Å². The van der Waals surface area contributed by atoms with Crippen molar-refractivity contribution in [2.45, 2.75) is 26.3 Å². The molecule has 0 radical (unpaired) electrons. The standard InChI is InChI=1S/C21H23ClN4O2S/c1-2-23-19(27)13-6-5-9-26(10-13)11-17-24-20(28)18-15(12-29-21(18)25-17)14-7-3-4-8-16(14)22/h3-4,7-8,12-13H,2,5-6,9-11H2,1H3,(H,23,27)(H,24,25,28). The van der Waals surface area contributed by atoms with Crippen LogP contribution in [0.4, 0.5) is 0 Å². The number of aromatic nitrogens is 2. The molecule has 1 aromatic carbocycles. The smallest absolute Gasteiger partial charge is 0.260 e. The lowest BCUT2D eigenvalue weighted by atomic mass is 9.97. The number of halogens is 1. The van der Waals surface area contributed by atoms with Gasteiger partial charge in [-0.05, 0) is 32.4 Å². The van der Waals surface area contributed by atoms with Crippen molar-refractivity contribution < 1.29 is 4.79 Å². The number of aromatic amines is 1. The second kappa shape index (κ2) is 8.65. The number of fused-ring (bicyclic) bond motifs is 1.